The highest BCUT2D eigenvalue weighted by molar-refractivity contribution is 7.98. The third-order valence-corrected chi connectivity index (χ3v) is 5.40. The number of benzene rings is 2. The van der Waals surface area contributed by atoms with Crippen LogP contribution in [-0.4, -0.2) is 33.4 Å². The molecule has 0 aliphatic rings. The number of aryl methyl sites for hydroxylation is 2. The Morgan fingerprint density at radius 2 is 1.76 bits per heavy atom. The molecular formula is C18H22N2O3S2. The number of hydrogen-bond acceptors (Lipinski definition) is 4. The lowest BCUT2D eigenvalue weighted by molar-refractivity contribution is -0.114. The van der Waals surface area contributed by atoms with Gasteiger partial charge in [-0.1, -0.05) is 12.1 Å². The van der Waals surface area contributed by atoms with Crippen LogP contribution in [0.25, 0.3) is 0 Å². The van der Waals surface area contributed by atoms with Crippen LogP contribution >= 0.6 is 11.8 Å². The lowest BCUT2D eigenvalue weighted by atomic mass is 10.1. The molecule has 1 amide bonds. The van der Waals surface area contributed by atoms with E-state index in [1.54, 1.807) is 30.0 Å². The maximum atomic E-state index is 12.4. The van der Waals surface area contributed by atoms with E-state index in [4.69, 9.17) is 0 Å². The van der Waals surface area contributed by atoms with Crippen molar-refractivity contribution in [3.63, 3.8) is 0 Å². The molecule has 1 N–H and O–H groups in total. The van der Waals surface area contributed by atoms with Gasteiger partial charge in [0.05, 0.1) is 11.9 Å². The number of amides is 1. The molecule has 0 radical (unpaired) electrons. The smallest absolute Gasteiger partial charge is 0.245 e. The summed E-state index contributed by atoms with van der Waals surface area (Å²) in [5, 5.41) is 2.76. The van der Waals surface area contributed by atoms with Gasteiger partial charge in [-0.2, -0.15) is 0 Å². The molecule has 0 bridgehead atoms. The van der Waals surface area contributed by atoms with E-state index in [1.165, 1.54) is 0 Å². The molecule has 0 aliphatic carbocycles. The van der Waals surface area contributed by atoms with Crippen LogP contribution in [0.2, 0.25) is 0 Å². The van der Waals surface area contributed by atoms with Crippen LogP contribution in [0.1, 0.15) is 11.1 Å². The van der Waals surface area contributed by atoms with Gasteiger partial charge in [0.25, 0.3) is 0 Å². The van der Waals surface area contributed by atoms with Gasteiger partial charge in [-0.05, 0) is 61.6 Å². The molecule has 0 aromatic heterocycles. The molecule has 0 heterocycles. The van der Waals surface area contributed by atoms with E-state index in [-0.39, 0.29) is 12.5 Å². The Balaban J connectivity index is 2.23. The number of nitrogens with zero attached hydrogens (tertiary/aromatic N) is 1. The minimum Gasteiger partial charge on any atom is -0.324 e. The van der Waals surface area contributed by atoms with Crippen LogP contribution in [0.5, 0.6) is 0 Å². The second-order valence-corrected chi connectivity index (χ2v) is 8.68. The molecule has 2 aromatic carbocycles. The normalized spacial score (nSPS) is 11.2. The van der Waals surface area contributed by atoms with E-state index in [0.717, 1.165) is 26.6 Å². The predicted octanol–water partition coefficient (Wildman–Crippen LogP) is 3.43. The molecule has 0 unspecified atom stereocenters. The van der Waals surface area contributed by atoms with Crippen LogP contribution in [0.15, 0.2) is 47.4 Å². The first kappa shape index (κ1) is 19.3. The highest BCUT2D eigenvalue weighted by Gasteiger charge is 2.21. The van der Waals surface area contributed by atoms with Gasteiger partial charge in [-0.25, -0.2) is 8.42 Å². The van der Waals surface area contributed by atoms with E-state index in [1.807, 2.05) is 44.4 Å². The van der Waals surface area contributed by atoms with Gasteiger partial charge < -0.3 is 5.32 Å². The molecule has 0 saturated carbocycles. The average molecular weight is 379 g/mol. The molecular weight excluding hydrogens is 356 g/mol. The van der Waals surface area contributed by atoms with Gasteiger partial charge >= 0.3 is 0 Å². The Hall–Kier alpha value is -1.99. The van der Waals surface area contributed by atoms with Crippen molar-refractivity contribution in [2.45, 2.75) is 18.7 Å². The summed E-state index contributed by atoms with van der Waals surface area (Å²) in [5.74, 6) is -0.386. The van der Waals surface area contributed by atoms with Crippen molar-refractivity contribution in [1.82, 2.24) is 0 Å². The number of carbonyl (C=O) groups excluding carboxylic acids is 1. The fourth-order valence-corrected chi connectivity index (χ4v) is 3.83. The Kier molecular flexibility index (Phi) is 6.13. The van der Waals surface area contributed by atoms with Crippen molar-refractivity contribution in [3.8, 4) is 0 Å². The van der Waals surface area contributed by atoms with Gasteiger partial charge in [0.1, 0.15) is 6.54 Å². The second kappa shape index (κ2) is 7.93. The molecule has 25 heavy (non-hydrogen) atoms. The van der Waals surface area contributed by atoms with E-state index in [0.29, 0.717) is 11.4 Å². The molecule has 0 fully saturated rings. The Morgan fingerprint density at radius 3 is 2.32 bits per heavy atom. The summed E-state index contributed by atoms with van der Waals surface area (Å²) in [4.78, 5) is 13.4. The first-order chi connectivity index (χ1) is 11.7. The topological polar surface area (TPSA) is 66.5 Å². The van der Waals surface area contributed by atoms with Gasteiger partial charge in [-0.15, -0.1) is 11.8 Å². The summed E-state index contributed by atoms with van der Waals surface area (Å²) in [6, 6.07) is 12.9. The molecule has 0 spiro atoms. The molecule has 7 heteroatoms. The zero-order valence-corrected chi connectivity index (χ0v) is 16.4. The number of anilines is 2. The van der Waals surface area contributed by atoms with Crippen LogP contribution in [0, 0.1) is 13.8 Å². The van der Waals surface area contributed by atoms with Crippen molar-refractivity contribution in [1.29, 1.82) is 0 Å². The lowest BCUT2D eigenvalue weighted by Crippen LogP contribution is -2.37. The average Bonchev–Trinajstić information content (AvgIpc) is 2.50. The van der Waals surface area contributed by atoms with Gasteiger partial charge in [0, 0.05) is 10.6 Å². The maximum absolute atomic E-state index is 12.4. The summed E-state index contributed by atoms with van der Waals surface area (Å²) in [7, 11) is -3.58. The van der Waals surface area contributed by atoms with E-state index < -0.39 is 10.0 Å². The Labute approximate surface area is 153 Å². The molecule has 134 valence electrons. The van der Waals surface area contributed by atoms with Gasteiger partial charge in [-0.3, -0.25) is 9.10 Å². The van der Waals surface area contributed by atoms with Crippen LogP contribution in [-0.2, 0) is 14.8 Å². The molecule has 2 aromatic rings. The molecule has 0 aliphatic heterocycles. The fraction of sp³-hybridized carbons (Fsp3) is 0.278. The first-order valence-corrected chi connectivity index (χ1v) is 10.8. The number of hydrogen-bond donors (Lipinski definition) is 1. The molecule has 0 saturated heterocycles. The van der Waals surface area contributed by atoms with Crippen LogP contribution in [0.3, 0.4) is 0 Å². The molecule has 2 rings (SSSR count). The predicted molar refractivity (Wildman–Crippen MR) is 105 cm³/mol. The lowest BCUT2D eigenvalue weighted by Gasteiger charge is -2.23. The van der Waals surface area contributed by atoms with Crippen LogP contribution < -0.4 is 9.62 Å². The number of thioether (sulfide) groups is 1. The zero-order chi connectivity index (χ0) is 18.6. The van der Waals surface area contributed by atoms with Crippen molar-refractivity contribution in [2.24, 2.45) is 0 Å². The number of nitrogens with one attached hydrogen (secondary N) is 1. The van der Waals surface area contributed by atoms with Crippen LogP contribution in [0.4, 0.5) is 11.4 Å². The zero-order valence-electron chi connectivity index (χ0n) is 14.7. The Bertz CT molecular complexity index is 859. The standard InChI is InChI=1S/C18H22N2O3S2/c1-13-8-14(2)10-16(9-13)20(25(4,22)23)12-18(21)19-15-6-5-7-17(11-15)24-3/h5-11H,12H2,1-4H3,(H,19,21). The minimum atomic E-state index is -3.58. The summed E-state index contributed by atoms with van der Waals surface area (Å²) >= 11 is 1.57. The second-order valence-electron chi connectivity index (χ2n) is 5.90. The number of rotatable bonds is 6. The number of carbonyl (C=O) groups is 1. The van der Waals surface area contributed by atoms with Crippen molar-refractivity contribution in [3.05, 3.63) is 53.6 Å². The van der Waals surface area contributed by atoms with Crippen molar-refractivity contribution >= 4 is 39.1 Å². The van der Waals surface area contributed by atoms with Gasteiger partial charge in [0.15, 0.2) is 0 Å². The van der Waals surface area contributed by atoms with Gasteiger partial charge in [0.2, 0.25) is 15.9 Å². The molecule has 0 atom stereocenters. The third-order valence-electron chi connectivity index (χ3n) is 3.54. The van der Waals surface area contributed by atoms with E-state index in [2.05, 4.69) is 5.32 Å². The molecule has 5 nitrogen and oxygen atoms in total. The minimum absolute atomic E-state index is 0.273. The quantitative estimate of drug-likeness (QED) is 0.782. The third kappa shape index (κ3) is 5.51. The maximum Gasteiger partial charge on any atom is 0.245 e. The monoisotopic (exact) mass is 378 g/mol. The summed E-state index contributed by atoms with van der Waals surface area (Å²) in [6.45, 7) is 3.51. The SMILES string of the molecule is CSc1cccc(NC(=O)CN(c2cc(C)cc(C)c2)S(C)(=O)=O)c1. The largest absolute Gasteiger partial charge is 0.324 e. The van der Waals surface area contributed by atoms with E-state index in [9.17, 15) is 13.2 Å². The van der Waals surface area contributed by atoms with Crippen molar-refractivity contribution in [2.75, 3.05) is 28.7 Å². The summed E-state index contributed by atoms with van der Waals surface area (Å²) < 4.78 is 25.5. The number of sulfonamides is 1. The summed E-state index contributed by atoms with van der Waals surface area (Å²) in [6.07, 6.45) is 3.05. The van der Waals surface area contributed by atoms with E-state index >= 15 is 0 Å². The Morgan fingerprint density at radius 1 is 1.12 bits per heavy atom. The fourth-order valence-electron chi connectivity index (χ4n) is 2.53. The first-order valence-electron chi connectivity index (χ1n) is 7.69. The summed E-state index contributed by atoms with van der Waals surface area (Å²) in [5.41, 5.74) is 3.02. The van der Waals surface area contributed by atoms with Crippen molar-refractivity contribution < 1.29 is 13.2 Å². The highest BCUT2D eigenvalue weighted by Crippen LogP contribution is 2.22. The highest BCUT2D eigenvalue weighted by atomic mass is 32.2.